The Kier molecular flexibility index (Phi) is 6.01. The summed E-state index contributed by atoms with van der Waals surface area (Å²) in [5.41, 5.74) is 1.88. The molecule has 4 heterocycles. The highest BCUT2D eigenvalue weighted by Gasteiger charge is 2.35. The molecular weight excluding hydrogens is 420 g/mol. The second kappa shape index (κ2) is 8.76. The first-order valence-electron chi connectivity index (χ1n) is 11.2. The predicted molar refractivity (Wildman–Crippen MR) is 124 cm³/mol. The van der Waals surface area contributed by atoms with Crippen LogP contribution >= 0.6 is 0 Å². The van der Waals surface area contributed by atoms with Gasteiger partial charge in [0.1, 0.15) is 17.6 Å². The van der Waals surface area contributed by atoms with Crippen molar-refractivity contribution < 1.29 is 9.53 Å². The van der Waals surface area contributed by atoms with Crippen molar-refractivity contribution in [2.75, 3.05) is 4.90 Å². The lowest BCUT2D eigenvalue weighted by atomic mass is 10.1. The Morgan fingerprint density at radius 3 is 2.76 bits per heavy atom. The van der Waals surface area contributed by atoms with E-state index in [0.29, 0.717) is 5.82 Å². The number of nitrogens with zero attached hydrogens (tertiary/aromatic N) is 7. The number of amides is 1. The van der Waals surface area contributed by atoms with Crippen LogP contribution in [0, 0.1) is 0 Å². The normalized spacial score (nSPS) is 15.2. The van der Waals surface area contributed by atoms with E-state index in [1.54, 1.807) is 24.9 Å². The van der Waals surface area contributed by atoms with Crippen LogP contribution in [-0.2, 0) is 11.3 Å². The van der Waals surface area contributed by atoms with Gasteiger partial charge in [-0.25, -0.2) is 14.8 Å². The minimum Gasteiger partial charge on any atom is -0.444 e. The number of hydrogen-bond donors (Lipinski definition) is 1. The molecule has 0 bridgehead atoms. The number of anilines is 1. The lowest BCUT2D eigenvalue weighted by Gasteiger charge is -2.39. The van der Waals surface area contributed by atoms with Crippen LogP contribution in [0.1, 0.15) is 65.4 Å². The molecule has 174 valence electrons. The second-order valence-electron chi connectivity index (χ2n) is 9.27. The van der Waals surface area contributed by atoms with Gasteiger partial charge in [0, 0.05) is 36.1 Å². The smallest absolute Gasteiger partial charge is 0.407 e. The second-order valence-corrected chi connectivity index (χ2v) is 9.27. The quantitative estimate of drug-likeness (QED) is 0.624. The zero-order valence-electron chi connectivity index (χ0n) is 19.9. The van der Waals surface area contributed by atoms with Crippen molar-refractivity contribution in [2.24, 2.45) is 0 Å². The van der Waals surface area contributed by atoms with Crippen molar-refractivity contribution in [1.29, 1.82) is 0 Å². The number of alkyl carbamates (subject to hydrolysis) is 1. The molecular formula is C23H30N8O2. The highest BCUT2D eigenvalue weighted by atomic mass is 16.6. The van der Waals surface area contributed by atoms with Gasteiger partial charge in [0.05, 0.1) is 12.2 Å². The van der Waals surface area contributed by atoms with Crippen molar-refractivity contribution in [2.45, 2.75) is 72.2 Å². The molecule has 1 atom stereocenters. The van der Waals surface area contributed by atoms with Crippen molar-refractivity contribution >= 4 is 11.9 Å². The molecule has 0 aromatic carbocycles. The van der Waals surface area contributed by atoms with Gasteiger partial charge >= 0.3 is 6.09 Å². The van der Waals surface area contributed by atoms with Crippen LogP contribution in [0.25, 0.3) is 17.1 Å². The number of hydrogen-bond acceptors (Lipinski definition) is 8. The van der Waals surface area contributed by atoms with Gasteiger partial charge in [0.2, 0.25) is 0 Å². The fraction of sp³-hybridized carbons (Fsp3) is 0.478. The third kappa shape index (κ3) is 4.50. The fourth-order valence-electron chi connectivity index (χ4n) is 4.04. The maximum absolute atomic E-state index is 12.1. The fourth-order valence-corrected chi connectivity index (χ4v) is 4.04. The van der Waals surface area contributed by atoms with Gasteiger partial charge in [-0.15, -0.1) is 10.2 Å². The molecule has 1 amide bonds. The summed E-state index contributed by atoms with van der Waals surface area (Å²) in [5.74, 6) is 2.28. The number of carbonyl (C=O) groups is 1. The summed E-state index contributed by atoms with van der Waals surface area (Å²) < 4.78 is 7.31. The zero-order valence-corrected chi connectivity index (χ0v) is 19.9. The molecule has 4 rings (SSSR count). The Morgan fingerprint density at radius 1 is 1.27 bits per heavy atom. The monoisotopic (exact) mass is 450 g/mol. The molecule has 0 saturated heterocycles. The van der Waals surface area contributed by atoms with Gasteiger partial charge in [-0.2, -0.15) is 0 Å². The molecule has 3 aromatic heterocycles. The van der Waals surface area contributed by atoms with Gasteiger partial charge in [-0.1, -0.05) is 6.92 Å². The van der Waals surface area contributed by atoms with E-state index in [4.69, 9.17) is 9.72 Å². The maximum atomic E-state index is 12.1. The highest BCUT2D eigenvalue weighted by Crippen LogP contribution is 2.39. The summed E-state index contributed by atoms with van der Waals surface area (Å²) in [5, 5.41) is 11.3. The van der Waals surface area contributed by atoms with Crippen LogP contribution < -0.4 is 10.2 Å². The first kappa shape index (κ1) is 22.6. The summed E-state index contributed by atoms with van der Waals surface area (Å²) >= 11 is 0. The Balaban J connectivity index is 1.71. The molecule has 0 radical (unpaired) electrons. The van der Waals surface area contributed by atoms with Gasteiger partial charge in [-0.05, 0) is 47.1 Å². The third-order valence-corrected chi connectivity index (χ3v) is 5.37. The van der Waals surface area contributed by atoms with Crippen LogP contribution in [0.5, 0.6) is 0 Å². The average Bonchev–Trinajstić information content (AvgIpc) is 3.25. The molecule has 1 aliphatic rings. The Hall–Kier alpha value is -3.56. The molecule has 10 nitrogen and oxygen atoms in total. The Morgan fingerprint density at radius 2 is 2.06 bits per heavy atom. The molecule has 0 spiro atoms. The zero-order chi connectivity index (χ0) is 23.8. The Bertz CT molecular complexity index is 1150. The number of nitrogens with one attached hydrogen (secondary N) is 1. The van der Waals surface area contributed by atoms with E-state index in [0.717, 1.165) is 34.9 Å². The summed E-state index contributed by atoms with van der Waals surface area (Å²) in [4.78, 5) is 28.3. The lowest BCUT2D eigenvalue weighted by Crippen LogP contribution is -2.40. The largest absolute Gasteiger partial charge is 0.444 e. The van der Waals surface area contributed by atoms with E-state index in [1.807, 2.05) is 31.4 Å². The molecule has 3 aromatic rings. The summed E-state index contributed by atoms with van der Waals surface area (Å²) in [6.45, 7) is 12.2. The van der Waals surface area contributed by atoms with Crippen molar-refractivity contribution in [3.05, 3.63) is 42.4 Å². The van der Waals surface area contributed by atoms with E-state index < -0.39 is 11.7 Å². The molecule has 0 aliphatic carbocycles. The molecule has 33 heavy (non-hydrogen) atoms. The van der Waals surface area contributed by atoms with Crippen molar-refractivity contribution in [1.82, 2.24) is 35.0 Å². The van der Waals surface area contributed by atoms with E-state index in [2.05, 4.69) is 51.2 Å². The van der Waals surface area contributed by atoms with Crippen LogP contribution in [0.4, 0.5) is 10.6 Å². The standard InChI is InChI=1S/C23H30N8O2/c1-7-17-21-29-27-13-30(21)18-12-25-19(28-20(18)31(17)14(2)3)16-8-9-24-10-15(16)11-26-22(32)33-23(4,5)6/h8-10,12-14,17H,7,11H2,1-6H3,(H,26,32)/t17-/m1/s1. The minimum absolute atomic E-state index is 0.0634. The number of aromatic nitrogens is 6. The molecule has 0 unspecified atom stereocenters. The number of rotatable bonds is 5. The van der Waals surface area contributed by atoms with Crippen LogP contribution in [0.15, 0.2) is 31.0 Å². The van der Waals surface area contributed by atoms with Crippen LogP contribution in [0.3, 0.4) is 0 Å². The van der Waals surface area contributed by atoms with Gasteiger partial charge in [0.25, 0.3) is 0 Å². The summed E-state index contributed by atoms with van der Waals surface area (Å²) in [6, 6.07) is 2.12. The van der Waals surface area contributed by atoms with E-state index in [9.17, 15) is 4.79 Å². The number of pyridine rings is 1. The number of carbonyl (C=O) groups excluding carboxylic acids is 1. The molecule has 10 heteroatoms. The average molecular weight is 451 g/mol. The first-order chi connectivity index (χ1) is 15.7. The summed E-state index contributed by atoms with van der Waals surface area (Å²) in [6.07, 6.45) is 7.30. The van der Waals surface area contributed by atoms with E-state index in [-0.39, 0.29) is 18.6 Å². The number of fused-ring (bicyclic) bond motifs is 3. The van der Waals surface area contributed by atoms with Gasteiger partial charge in [0.15, 0.2) is 17.5 Å². The molecule has 1 aliphatic heterocycles. The number of ether oxygens (including phenoxy) is 1. The van der Waals surface area contributed by atoms with Crippen LogP contribution in [0.2, 0.25) is 0 Å². The topological polar surface area (TPSA) is 111 Å². The third-order valence-electron chi connectivity index (χ3n) is 5.37. The molecule has 1 N–H and O–H groups in total. The maximum Gasteiger partial charge on any atom is 0.407 e. The van der Waals surface area contributed by atoms with E-state index >= 15 is 0 Å². The Labute approximate surface area is 193 Å². The van der Waals surface area contributed by atoms with E-state index in [1.165, 1.54) is 0 Å². The van der Waals surface area contributed by atoms with Crippen molar-refractivity contribution in [3.63, 3.8) is 0 Å². The lowest BCUT2D eigenvalue weighted by molar-refractivity contribution is 0.0523. The van der Waals surface area contributed by atoms with Gasteiger partial charge in [-0.3, -0.25) is 9.55 Å². The first-order valence-corrected chi connectivity index (χ1v) is 11.2. The predicted octanol–water partition coefficient (Wildman–Crippen LogP) is 3.82. The highest BCUT2D eigenvalue weighted by molar-refractivity contribution is 5.70. The van der Waals surface area contributed by atoms with Crippen LogP contribution in [-0.4, -0.2) is 47.5 Å². The van der Waals surface area contributed by atoms with Gasteiger partial charge < -0.3 is 15.0 Å². The summed E-state index contributed by atoms with van der Waals surface area (Å²) in [7, 11) is 0. The minimum atomic E-state index is -0.569. The SMILES string of the molecule is CC[C@@H]1c2nncn2-c2cnc(-c3ccncc3CNC(=O)OC(C)(C)C)nc2N1C(C)C. The molecule has 0 fully saturated rings. The molecule has 0 saturated carbocycles. The van der Waals surface area contributed by atoms with Crippen molar-refractivity contribution in [3.8, 4) is 17.1 Å².